The number of alkyl halides is 3. The van der Waals surface area contributed by atoms with Crippen molar-refractivity contribution in [2.24, 2.45) is 10.7 Å². The number of rotatable bonds is 4. The van der Waals surface area contributed by atoms with Crippen LogP contribution in [0, 0.1) is 0 Å². The van der Waals surface area contributed by atoms with Gasteiger partial charge < -0.3 is 15.8 Å². The molecule has 128 valence electrons. The monoisotopic (exact) mass is 345 g/mol. The van der Waals surface area contributed by atoms with Crippen molar-refractivity contribution in [1.82, 2.24) is 5.32 Å². The van der Waals surface area contributed by atoms with Crippen molar-refractivity contribution >= 4 is 19.1 Å². The predicted molar refractivity (Wildman–Crippen MR) is 90.2 cm³/mol. The van der Waals surface area contributed by atoms with E-state index in [1.54, 1.807) is 24.3 Å². The van der Waals surface area contributed by atoms with Gasteiger partial charge in [-0.25, -0.2) is 0 Å². The SMILES string of the molecule is [B]c1cccc(C(N)(C2=NCCN2)c2ccc(OC(F)(F)F)cc2)c1. The molecule has 8 heteroatoms. The van der Waals surface area contributed by atoms with E-state index in [1.807, 2.05) is 0 Å². The maximum atomic E-state index is 12.3. The number of amidine groups is 1. The zero-order valence-corrected chi connectivity index (χ0v) is 13.2. The Bertz CT molecular complexity index is 792. The molecule has 0 saturated heterocycles. The standard InChI is InChI=1S/C17H15BF3N3O/c18-13-3-1-2-12(10-13)16(22,15-23-8-9-24-15)11-4-6-14(7-5-11)25-17(19,20)21/h1-7,10H,8-9,22H2,(H,23,24). The fourth-order valence-electron chi connectivity index (χ4n) is 2.81. The van der Waals surface area contributed by atoms with Gasteiger partial charge >= 0.3 is 6.36 Å². The molecule has 2 aromatic rings. The molecule has 0 spiro atoms. The number of nitrogens with one attached hydrogen (secondary N) is 1. The number of nitrogens with zero attached hydrogens (tertiary/aromatic N) is 1. The second kappa shape index (κ2) is 6.44. The maximum absolute atomic E-state index is 12.3. The number of nitrogens with two attached hydrogens (primary N) is 1. The van der Waals surface area contributed by atoms with Gasteiger partial charge in [-0.15, -0.1) is 13.2 Å². The minimum absolute atomic E-state index is 0.313. The van der Waals surface area contributed by atoms with Crippen molar-refractivity contribution in [3.05, 3.63) is 59.7 Å². The van der Waals surface area contributed by atoms with Crippen molar-refractivity contribution in [2.45, 2.75) is 11.9 Å². The first-order valence-electron chi connectivity index (χ1n) is 7.59. The Morgan fingerprint density at radius 1 is 1.08 bits per heavy atom. The lowest BCUT2D eigenvalue weighted by atomic mass is 9.80. The van der Waals surface area contributed by atoms with Crippen molar-refractivity contribution in [3.8, 4) is 5.75 Å². The van der Waals surface area contributed by atoms with Gasteiger partial charge in [-0.3, -0.25) is 4.99 Å². The third-order valence-corrected chi connectivity index (χ3v) is 3.93. The van der Waals surface area contributed by atoms with Crippen LogP contribution in [0.15, 0.2) is 53.5 Å². The van der Waals surface area contributed by atoms with Crippen molar-refractivity contribution < 1.29 is 17.9 Å². The van der Waals surface area contributed by atoms with Gasteiger partial charge in [-0.1, -0.05) is 41.9 Å². The highest BCUT2D eigenvalue weighted by Gasteiger charge is 2.37. The molecule has 3 rings (SSSR count). The summed E-state index contributed by atoms with van der Waals surface area (Å²) in [7, 11) is 5.86. The normalized spacial score (nSPS) is 16.7. The number of ether oxygens (including phenoxy) is 1. The summed E-state index contributed by atoms with van der Waals surface area (Å²) in [6, 6.07) is 12.5. The van der Waals surface area contributed by atoms with Crippen LogP contribution in [0.1, 0.15) is 11.1 Å². The molecular formula is C17H15BF3N3O. The van der Waals surface area contributed by atoms with Gasteiger partial charge in [0.05, 0.1) is 6.54 Å². The Morgan fingerprint density at radius 2 is 1.80 bits per heavy atom. The maximum Gasteiger partial charge on any atom is 0.573 e. The Balaban J connectivity index is 2.03. The molecule has 0 fully saturated rings. The summed E-state index contributed by atoms with van der Waals surface area (Å²) in [5.41, 5.74) is 7.32. The van der Waals surface area contributed by atoms with E-state index in [0.717, 1.165) is 0 Å². The lowest BCUT2D eigenvalue weighted by Gasteiger charge is -2.31. The van der Waals surface area contributed by atoms with Crippen LogP contribution < -0.4 is 21.3 Å². The molecule has 1 atom stereocenters. The molecule has 0 aromatic heterocycles. The molecule has 1 aliphatic rings. The highest BCUT2D eigenvalue weighted by atomic mass is 19.4. The van der Waals surface area contributed by atoms with Gasteiger partial charge in [-0.05, 0) is 23.3 Å². The van der Waals surface area contributed by atoms with E-state index in [9.17, 15) is 13.2 Å². The second-order valence-corrected chi connectivity index (χ2v) is 5.66. The van der Waals surface area contributed by atoms with Crippen molar-refractivity contribution in [1.29, 1.82) is 0 Å². The molecule has 0 amide bonds. The summed E-state index contributed by atoms with van der Waals surface area (Å²) < 4.78 is 40.9. The molecule has 2 aromatic carbocycles. The minimum Gasteiger partial charge on any atom is -0.406 e. The number of hydrogen-bond donors (Lipinski definition) is 2. The lowest BCUT2D eigenvalue weighted by Crippen LogP contribution is -2.51. The van der Waals surface area contributed by atoms with Crippen LogP contribution in [0.4, 0.5) is 13.2 Å². The van der Waals surface area contributed by atoms with Crippen molar-refractivity contribution in [2.75, 3.05) is 13.1 Å². The number of hydrogen-bond acceptors (Lipinski definition) is 4. The highest BCUT2D eigenvalue weighted by molar-refractivity contribution is 6.32. The van der Waals surface area contributed by atoms with Crippen LogP contribution in [0.5, 0.6) is 5.75 Å². The quantitative estimate of drug-likeness (QED) is 0.828. The van der Waals surface area contributed by atoms with Gasteiger partial charge in [0, 0.05) is 6.54 Å². The fraction of sp³-hybridized carbons (Fsp3) is 0.235. The van der Waals surface area contributed by atoms with Gasteiger partial charge in [0.25, 0.3) is 0 Å². The van der Waals surface area contributed by atoms with E-state index >= 15 is 0 Å². The molecule has 3 N–H and O–H groups in total. The summed E-state index contributed by atoms with van der Waals surface area (Å²) in [4.78, 5) is 4.40. The second-order valence-electron chi connectivity index (χ2n) is 5.66. The average Bonchev–Trinajstić information content (AvgIpc) is 3.08. The fourth-order valence-corrected chi connectivity index (χ4v) is 2.81. The summed E-state index contributed by atoms with van der Waals surface area (Å²) in [5.74, 6) is 0.232. The molecule has 0 bridgehead atoms. The molecule has 0 aliphatic carbocycles. The Kier molecular flexibility index (Phi) is 4.47. The van der Waals surface area contributed by atoms with Crippen LogP contribution in [0.25, 0.3) is 0 Å². The number of aliphatic imine (C=N–C) groups is 1. The average molecular weight is 345 g/mol. The van der Waals surface area contributed by atoms with E-state index in [1.165, 1.54) is 24.3 Å². The van der Waals surface area contributed by atoms with Gasteiger partial charge in [0.2, 0.25) is 0 Å². The predicted octanol–water partition coefficient (Wildman–Crippen LogP) is 1.58. The Hall–Kier alpha value is -2.48. The van der Waals surface area contributed by atoms with E-state index in [0.29, 0.717) is 35.5 Å². The molecular weight excluding hydrogens is 330 g/mol. The first kappa shape index (κ1) is 17.4. The molecule has 2 radical (unpaired) electrons. The van der Waals surface area contributed by atoms with Crippen molar-refractivity contribution in [3.63, 3.8) is 0 Å². The summed E-state index contributed by atoms with van der Waals surface area (Å²) in [6.07, 6.45) is -4.74. The highest BCUT2D eigenvalue weighted by Crippen LogP contribution is 2.31. The molecule has 4 nitrogen and oxygen atoms in total. The van der Waals surface area contributed by atoms with E-state index in [4.69, 9.17) is 13.6 Å². The van der Waals surface area contributed by atoms with Crippen LogP contribution in [-0.2, 0) is 5.54 Å². The largest absolute Gasteiger partial charge is 0.573 e. The van der Waals surface area contributed by atoms with Gasteiger partial charge in [0.1, 0.15) is 25.0 Å². The van der Waals surface area contributed by atoms with E-state index < -0.39 is 11.9 Å². The van der Waals surface area contributed by atoms with Gasteiger partial charge in [-0.2, -0.15) is 0 Å². The van der Waals surface area contributed by atoms with Crippen LogP contribution in [-0.4, -0.2) is 33.1 Å². The van der Waals surface area contributed by atoms with Gasteiger partial charge in [0.15, 0.2) is 0 Å². The lowest BCUT2D eigenvalue weighted by molar-refractivity contribution is -0.274. The third-order valence-electron chi connectivity index (χ3n) is 3.93. The van der Waals surface area contributed by atoms with E-state index in [-0.39, 0.29) is 5.75 Å². The summed E-state index contributed by atoms with van der Waals surface area (Å²) in [6.45, 7) is 1.22. The zero-order valence-electron chi connectivity index (χ0n) is 13.2. The topological polar surface area (TPSA) is 59.6 Å². The number of benzene rings is 2. The Labute approximate surface area is 144 Å². The van der Waals surface area contributed by atoms with E-state index in [2.05, 4.69) is 15.0 Å². The minimum atomic E-state index is -4.74. The first-order chi connectivity index (χ1) is 11.8. The number of halogens is 3. The molecule has 0 saturated carbocycles. The molecule has 1 heterocycles. The third kappa shape index (κ3) is 3.63. The Morgan fingerprint density at radius 3 is 2.36 bits per heavy atom. The van der Waals surface area contributed by atoms with Crippen LogP contribution in [0.3, 0.4) is 0 Å². The smallest absolute Gasteiger partial charge is 0.406 e. The zero-order chi connectivity index (χ0) is 18.1. The first-order valence-corrected chi connectivity index (χ1v) is 7.59. The van der Waals surface area contributed by atoms with Crippen LogP contribution in [0.2, 0.25) is 0 Å². The van der Waals surface area contributed by atoms with Crippen LogP contribution >= 0.6 is 0 Å². The molecule has 25 heavy (non-hydrogen) atoms. The summed E-state index contributed by atoms with van der Waals surface area (Å²) >= 11 is 0. The molecule has 1 aliphatic heterocycles. The summed E-state index contributed by atoms with van der Waals surface area (Å²) in [5, 5.41) is 3.14. The molecule has 1 unspecified atom stereocenters.